The van der Waals surface area contributed by atoms with Gasteiger partial charge in [-0.25, -0.2) is 5.84 Å². The van der Waals surface area contributed by atoms with Gasteiger partial charge < -0.3 is 5.32 Å². The molecule has 1 heterocycles. The van der Waals surface area contributed by atoms with Crippen LogP contribution < -0.4 is 16.6 Å². The highest BCUT2D eigenvalue weighted by molar-refractivity contribution is 6.99. The lowest BCUT2D eigenvalue weighted by atomic mass is 10.4. The standard InChI is InChI=1S/C4H7N5OS/c1-6-3-2(4(10)7-5)8-11-9-3/h5H2,1H3,(H,6,9)(H,7,10). The van der Waals surface area contributed by atoms with E-state index in [1.165, 1.54) is 0 Å². The van der Waals surface area contributed by atoms with Gasteiger partial charge >= 0.3 is 0 Å². The van der Waals surface area contributed by atoms with E-state index < -0.39 is 5.91 Å². The fraction of sp³-hybridized carbons (Fsp3) is 0.250. The number of amides is 1. The molecule has 0 aromatic carbocycles. The van der Waals surface area contributed by atoms with Gasteiger partial charge in [0.2, 0.25) is 0 Å². The van der Waals surface area contributed by atoms with Gasteiger partial charge in [0, 0.05) is 7.05 Å². The van der Waals surface area contributed by atoms with E-state index >= 15 is 0 Å². The van der Waals surface area contributed by atoms with Crippen molar-refractivity contribution in [3.05, 3.63) is 5.69 Å². The number of nitrogens with zero attached hydrogens (tertiary/aromatic N) is 2. The molecule has 1 rings (SSSR count). The van der Waals surface area contributed by atoms with Crippen LogP contribution in [0.2, 0.25) is 0 Å². The van der Waals surface area contributed by atoms with Gasteiger partial charge in [-0.3, -0.25) is 10.2 Å². The molecular weight excluding hydrogens is 166 g/mol. The number of hydrazine groups is 1. The summed E-state index contributed by atoms with van der Waals surface area (Å²) in [6.45, 7) is 0. The van der Waals surface area contributed by atoms with Crippen LogP contribution in [0.3, 0.4) is 0 Å². The van der Waals surface area contributed by atoms with Crippen LogP contribution in [-0.4, -0.2) is 21.7 Å². The predicted octanol–water partition coefficient (Wildman–Crippen LogP) is -0.817. The maximum Gasteiger partial charge on any atom is 0.288 e. The average molecular weight is 173 g/mol. The predicted molar refractivity (Wildman–Crippen MR) is 41.1 cm³/mol. The smallest absolute Gasteiger partial charge is 0.288 e. The Labute approximate surface area is 67.1 Å². The molecule has 1 amide bonds. The summed E-state index contributed by atoms with van der Waals surface area (Å²) in [5, 5.41) is 2.71. The Morgan fingerprint density at radius 1 is 1.64 bits per heavy atom. The number of nitrogens with one attached hydrogen (secondary N) is 2. The van der Waals surface area contributed by atoms with Gasteiger partial charge in [-0.1, -0.05) is 0 Å². The molecular formula is C4H7N5OS. The Hall–Kier alpha value is -1.21. The molecule has 0 spiro atoms. The normalized spacial score (nSPS) is 9.27. The Morgan fingerprint density at radius 2 is 2.36 bits per heavy atom. The summed E-state index contributed by atoms with van der Waals surface area (Å²) in [6.07, 6.45) is 0. The van der Waals surface area contributed by atoms with Crippen LogP contribution in [-0.2, 0) is 0 Å². The summed E-state index contributed by atoms with van der Waals surface area (Å²) in [4.78, 5) is 10.9. The third-order valence-corrected chi connectivity index (χ3v) is 1.60. The zero-order valence-corrected chi connectivity index (χ0v) is 6.60. The fourth-order valence-electron chi connectivity index (χ4n) is 0.570. The number of hydrogen-bond acceptors (Lipinski definition) is 6. The third kappa shape index (κ3) is 1.44. The van der Waals surface area contributed by atoms with Crippen LogP contribution in [0.1, 0.15) is 10.5 Å². The molecule has 7 heteroatoms. The number of hydrogen-bond donors (Lipinski definition) is 3. The molecule has 0 saturated heterocycles. The maximum atomic E-state index is 10.9. The van der Waals surface area contributed by atoms with Gasteiger partial charge in [0.25, 0.3) is 5.91 Å². The minimum absolute atomic E-state index is 0.222. The second kappa shape index (κ2) is 3.26. The van der Waals surface area contributed by atoms with Crippen molar-refractivity contribution in [3.8, 4) is 0 Å². The molecule has 0 radical (unpaired) electrons. The van der Waals surface area contributed by atoms with Gasteiger partial charge in [-0.2, -0.15) is 8.75 Å². The lowest BCUT2D eigenvalue weighted by Crippen LogP contribution is -2.30. The van der Waals surface area contributed by atoms with Gasteiger partial charge in [0.15, 0.2) is 11.5 Å². The van der Waals surface area contributed by atoms with Crippen molar-refractivity contribution in [1.82, 2.24) is 14.2 Å². The minimum atomic E-state index is -0.442. The van der Waals surface area contributed by atoms with Gasteiger partial charge in [-0.05, 0) is 0 Å². The minimum Gasteiger partial charge on any atom is -0.370 e. The molecule has 6 nitrogen and oxygen atoms in total. The van der Waals surface area contributed by atoms with E-state index in [1.807, 2.05) is 5.43 Å². The van der Waals surface area contributed by atoms with Crippen molar-refractivity contribution in [2.45, 2.75) is 0 Å². The Morgan fingerprint density at radius 3 is 2.91 bits per heavy atom. The van der Waals surface area contributed by atoms with Crippen molar-refractivity contribution in [1.29, 1.82) is 0 Å². The summed E-state index contributed by atoms with van der Waals surface area (Å²) in [6, 6.07) is 0. The first-order valence-corrected chi connectivity index (χ1v) is 3.54. The van der Waals surface area contributed by atoms with Gasteiger partial charge in [0.05, 0.1) is 11.7 Å². The Balaban J connectivity index is 2.92. The van der Waals surface area contributed by atoms with E-state index in [0.717, 1.165) is 11.7 Å². The number of rotatable bonds is 2. The summed E-state index contributed by atoms with van der Waals surface area (Å²) in [5.74, 6) is 4.90. The van der Waals surface area contributed by atoms with Gasteiger partial charge in [0.1, 0.15) is 0 Å². The SMILES string of the molecule is CNc1nsnc1C(=O)NN. The quantitative estimate of drug-likeness (QED) is 0.309. The van der Waals surface area contributed by atoms with Crippen LogP contribution in [0.5, 0.6) is 0 Å². The zero-order valence-electron chi connectivity index (χ0n) is 5.79. The molecule has 0 fully saturated rings. The molecule has 0 saturated carbocycles. The number of carbonyl (C=O) groups excluding carboxylic acids is 1. The van der Waals surface area contributed by atoms with E-state index in [1.54, 1.807) is 7.05 Å². The largest absolute Gasteiger partial charge is 0.370 e. The van der Waals surface area contributed by atoms with Crippen molar-refractivity contribution >= 4 is 23.5 Å². The Bertz CT molecular complexity index is 259. The summed E-state index contributed by atoms with van der Waals surface area (Å²) in [7, 11) is 1.66. The van der Waals surface area contributed by atoms with Crippen molar-refractivity contribution in [3.63, 3.8) is 0 Å². The average Bonchev–Trinajstić information content (AvgIpc) is 2.50. The van der Waals surface area contributed by atoms with Crippen LogP contribution >= 0.6 is 11.7 Å². The third-order valence-electron chi connectivity index (χ3n) is 1.07. The molecule has 0 bridgehead atoms. The molecule has 60 valence electrons. The monoisotopic (exact) mass is 173 g/mol. The fourth-order valence-corrected chi connectivity index (χ4v) is 1.12. The molecule has 4 N–H and O–H groups in total. The molecule has 0 aliphatic heterocycles. The number of anilines is 1. The van der Waals surface area contributed by atoms with Crippen LogP contribution in [0.15, 0.2) is 0 Å². The maximum absolute atomic E-state index is 10.9. The number of carbonyl (C=O) groups is 1. The van der Waals surface area contributed by atoms with E-state index in [-0.39, 0.29) is 5.69 Å². The highest BCUT2D eigenvalue weighted by Gasteiger charge is 2.13. The van der Waals surface area contributed by atoms with Crippen LogP contribution in [0.25, 0.3) is 0 Å². The van der Waals surface area contributed by atoms with E-state index in [2.05, 4.69) is 14.1 Å². The van der Waals surface area contributed by atoms with E-state index in [0.29, 0.717) is 5.82 Å². The van der Waals surface area contributed by atoms with Crippen molar-refractivity contribution in [2.24, 2.45) is 5.84 Å². The first-order chi connectivity index (χ1) is 5.29. The summed E-state index contributed by atoms with van der Waals surface area (Å²) >= 11 is 0.956. The van der Waals surface area contributed by atoms with E-state index in [4.69, 9.17) is 5.84 Å². The first-order valence-electron chi connectivity index (χ1n) is 2.81. The van der Waals surface area contributed by atoms with Crippen molar-refractivity contribution < 1.29 is 4.79 Å². The second-order valence-electron chi connectivity index (χ2n) is 1.68. The number of aromatic nitrogens is 2. The van der Waals surface area contributed by atoms with Crippen LogP contribution in [0.4, 0.5) is 5.82 Å². The van der Waals surface area contributed by atoms with Gasteiger partial charge in [-0.15, -0.1) is 0 Å². The Kier molecular flexibility index (Phi) is 2.34. The molecule has 0 unspecified atom stereocenters. The molecule has 1 aromatic heterocycles. The van der Waals surface area contributed by atoms with E-state index in [9.17, 15) is 4.79 Å². The first kappa shape index (κ1) is 7.89. The molecule has 1 aromatic rings. The zero-order chi connectivity index (χ0) is 8.27. The highest BCUT2D eigenvalue weighted by Crippen LogP contribution is 2.09. The lowest BCUT2D eigenvalue weighted by molar-refractivity contribution is 0.0950. The molecule has 0 atom stereocenters. The van der Waals surface area contributed by atoms with Crippen LogP contribution in [0, 0.1) is 0 Å². The van der Waals surface area contributed by atoms with Crippen molar-refractivity contribution in [2.75, 3.05) is 12.4 Å². The second-order valence-corrected chi connectivity index (χ2v) is 2.21. The molecule has 11 heavy (non-hydrogen) atoms. The number of nitrogens with two attached hydrogens (primary N) is 1. The molecule has 0 aliphatic carbocycles. The lowest BCUT2D eigenvalue weighted by Gasteiger charge is -1.96. The topological polar surface area (TPSA) is 92.9 Å². The molecule has 0 aliphatic rings. The number of nitrogen functional groups attached to an aromatic ring is 1. The summed E-state index contributed by atoms with van der Waals surface area (Å²) < 4.78 is 7.54. The highest BCUT2D eigenvalue weighted by atomic mass is 32.1. The summed E-state index contributed by atoms with van der Waals surface area (Å²) in [5.41, 5.74) is 2.19.